The van der Waals surface area contributed by atoms with Crippen molar-refractivity contribution in [3.63, 3.8) is 0 Å². The smallest absolute Gasteiger partial charge is 0.379 e. The molecular formula is C18H22F3N3O3S. The average Bonchev–Trinajstić information content (AvgIpc) is 2.60. The highest BCUT2D eigenvalue weighted by atomic mass is 32.2. The molecule has 0 aromatic heterocycles. The van der Waals surface area contributed by atoms with Crippen LogP contribution in [-0.4, -0.2) is 79.1 Å². The molecule has 2 aliphatic rings. The van der Waals surface area contributed by atoms with Gasteiger partial charge in [0, 0.05) is 43.5 Å². The van der Waals surface area contributed by atoms with Gasteiger partial charge in [-0.05, 0) is 24.5 Å². The highest BCUT2D eigenvalue weighted by molar-refractivity contribution is 7.99. The predicted octanol–water partition coefficient (Wildman–Crippen LogP) is 2.16. The molecule has 0 spiro atoms. The zero-order valence-electron chi connectivity index (χ0n) is 15.4. The molecule has 0 saturated carbocycles. The van der Waals surface area contributed by atoms with Crippen molar-refractivity contribution in [1.82, 2.24) is 9.80 Å². The third kappa shape index (κ3) is 4.98. The maximum Gasteiger partial charge on any atom is 0.416 e. The van der Waals surface area contributed by atoms with Gasteiger partial charge in [0.2, 0.25) is 5.91 Å². The van der Waals surface area contributed by atoms with Gasteiger partial charge in [-0.3, -0.25) is 14.5 Å². The lowest BCUT2D eigenvalue weighted by Crippen LogP contribution is -2.62. The van der Waals surface area contributed by atoms with Gasteiger partial charge in [-0.1, -0.05) is 0 Å². The quantitative estimate of drug-likeness (QED) is 0.796. The van der Waals surface area contributed by atoms with Crippen LogP contribution in [0.4, 0.5) is 18.9 Å². The van der Waals surface area contributed by atoms with Crippen LogP contribution in [-0.2, 0) is 15.7 Å². The van der Waals surface area contributed by atoms with Gasteiger partial charge in [0.15, 0.2) is 0 Å². The molecule has 2 aliphatic heterocycles. The van der Waals surface area contributed by atoms with Crippen LogP contribution in [0.1, 0.15) is 15.9 Å². The molecular weight excluding hydrogens is 395 g/mol. The van der Waals surface area contributed by atoms with Crippen molar-refractivity contribution in [3.05, 3.63) is 29.3 Å². The number of thioether (sulfide) groups is 1. The lowest BCUT2D eigenvalue weighted by molar-refractivity contribution is -0.137. The number of carbonyl (C=O) groups is 2. The van der Waals surface area contributed by atoms with Crippen LogP contribution in [0.5, 0.6) is 0 Å². The molecule has 0 bridgehead atoms. The monoisotopic (exact) mass is 417 g/mol. The predicted molar refractivity (Wildman–Crippen MR) is 101 cm³/mol. The van der Waals surface area contributed by atoms with Gasteiger partial charge in [-0.2, -0.15) is 24.9 Å². The molecule has 1 aromatic carbocycles. The fourth-order valence-corrected chi connectivity index (χ4v) is 3.63. The number of alkyl halides is 3. The SMILES string of the molecule is CSCC(=O)Nc1cc(C(=O)N2CC(N3CCOCC3)C2)cc(C(F)(F)F)c1. The summed E-state index contributed by atoms with van der Waals surface area (Å²) < 4.78 is 45.0. The average molecular weight is 417 g/mol. The summed E-state index contributed by atoms with van der Waals surface area (Å²) in [7, 11) is 0. The van der Waals surface area contributed by atoms with E-state index in [1.165, 1.54) is 22.7 Å². The Morgan fingerprint density at radius 1 is 1.21 bits per heavy atom. The summed E-state index contributed by atoms with van der Waals surface area (Å²) in [4.78, 5) is 28.2. The zero-order valence-corrected chi connectivity index (χ0v) is 16.2. The molecule has 1 N–H and O–H groups in total. The van der Waals surface area contributed by atoms with Crippen molar-refractivity contribution < 1.29 is 27.5 Å². The van der Waals surface area contributed by atoms with Crippen LogP contribution < -0.4 is 5.32 Å². The maximum absolute atomic E-state index is 13.2. The Kier molecular flexibility index (Phi) is 6.51. The van der Waals surface area contributed by atoms with Gasteiger partial charge in [-0.25, -0.2) is 0 Å². The first-order valence-corrected chi connectivity index (χ1v) is 10.3. The Morgan fingerprint density at radius 2 is 1.89 bits per heavy atom. The van der Waals surface area contributed by atoms with Crippen molar-refractivity contribution in [1.29, 1.82) is 0 Å². The van der Waals surface area contributed by atoms with E-state index in [0.29, 0.717) is 26.3 Å². The largest absolute Gasteiger partial charge is 0.416 e. The number of carbonyl (C=O) groups excluding carboxylic acids is 2. The molecule has 0 unspecified atom stereocenters. The molecule has 3 rings (SSSR count). The number of rotatable bonds is 5. The van der Waals surface area contributed by atoms with E-state index < -0.39 is 23.6 Å². The summed E-state index contributed by atoms with van der Waals surface area (Å²) in [5.74, 6) is -0.759. The van der Waals surface area contributed by atoms with Crippen LogP contribution in [0.15, 0.2) is 18.2 Å². The van der Waals surface area contributed by atoms with Gasteiger partial charge >= 0.3 is 6.18 Å². The summed E-state index contributed by atoms with van der Waals surface area (Å²) in [5, 5.41) is 2.43. The fraction of sp³-hybridized carbons (Fsp3) is 0.556. The van der Waals surface area contributed by atoms with Crippen LogP contribution in [0.3, 0.4) is 0 Å². The Hall–Kier alpha value is -1.78. The third-order valence-corrected chi connectivity index (χ3v) is 5.33. The minimum atomic E-state index is -4.61. The fourth-order valence-electron chi connectivity index (χ4n) is 3.29. The molecule has 6 nitrogen and oxygen atoms in total. The number of nitrogens with one attached hydrogen (secondary N) is 1. The van der Waals surface area contributed by atoms with E-state index in [-0.39, 0.29) is 23.0 Å². The highest BCUT2D eigenvalue weighted by Gasteiger charge is 2.37. The second-order valence-corrected chi connectivity index (χ2v) is 7.66. The summed E-state index contributed by atoms with van der Waals surface area (Å²) in [6.45, 7) is 3.84. The highest BCUT2D eigenvalue weighted by Crippen LogP contribution is 2.33. The van der Waals surface area contributed by atoms with E-state index in [1.54, 1.807) is 6.26 Å². The number of ether oxygens (including phenoxy) is 1. The first-order valence-electron chi connectivity index (χ1n) is 8.90. The minimum Gasteiger partial charge on any atom is -0.379 e. The number of hydrogen-bond acceptors (Lipinski definition) is 5. The van der Waals surface area contributed by atoms with Gasteiger partial charge in [0.05, 0.1) is 24.5 Å². The summed E-state index contributed by atoms with van der Waals surface area (Å²) >= 11 is 1.26. The van der Waals surface area contributed by atoms with Crippen LogP contribution in [0.2, 0.25) is 0 Å². The van der Waals surface area contributed by atoms with E-state index in [4.69, 9.17) is 4.74 Å². The van der Waals surface area contributed by atoms with E-state index in [1.807, 2.05) is 0 Å². The van der Waals surface area contributed by atoms with E-state index in [2.05, 4.69) is 10.2 Å². The lowest BCUT2D eigenvalue weighted by atomic mass is 10.0. The summed E-state index contributed by atoms with van der Waals surface area (Å²) in [6, 6.07) is 3.20. The Balaban J connectivity index is 1.72. The van der Waals surface area contributed by atoms with Gasteiger partial charge in [0.1, 0.15) is 0 Å². The first kappa shape index (κ1) is 20.9. The molecule has 0 atom stereocenters. The number of morpholine rings is 1. The third-order valence-electron chi connectivity index (χ3n) is 4.78. The number of amides is 2. The molecule has 10 heteroatoms. The Labute approximate surface area is 165 Å². The van der Waals surface area contributed by atoms with E-state index in [9.17, 15) is 22.8 Å². The first-order chi connectivity index (χ1) is 13.3. The molecule has 0 aliphatic carbocycles. The number of halogens is 3. The Morgan fingerprint density at radius 3 is 2.50 bits per heavy atom. The van der Waals surface area contributed by atoms with Crippen LogP contribution >= 0.6 is 11.8 Å². The lowest BCUT2D eigenvalue weighted by Gasteiger charge is -2.46. The van der Waals surface area contributed by atoms with Gasteiger partial charge in [-0.15, -0.1) is 0 Å². The van der Waals surface area contributed by atoms with Crippen molar-refractivity contribution >= 4 is 29.3 Å². The summed E-state index contributed by atoms with van der Waals surface area (Å²) in [6.07, 6.45) is -2.89. The summed E-state index contributed by atoms with van der Waals surface area (Å²) in [5.41, 5.74) is -1.06. The van der Waals surface area contributed by atoms with E-state index >= 15 is 0 Å². The van der Waals surface area contributed by atoms with Crippen molar-refractivity contribution in [2.45, 2.75) is 12.2 Å². The van der Waals surface area contributed by atoms with Crippen molar-refractivity contribution in [3.8, 4) is 0 Å². The maximum atomic E-state index is 13.2. The second-order valence-electron chi connectivity index (χ2n) is 6.79. The molecule has 28 heavy (non-hydrogen) atoms. The zero-order chi connectivity index (χ0) is 20.3. The van der Waals surface area contributed by atoms with Crippen LogP contribution in [0, 0.1) is 0 Å². The number of likely N-dealkylation sites (tertiary alicyclic amines) is 1. The molecule has 2 saturated heterocycles. The van der Waals surface area contributed by atoms with Crippen molar-refractivity contribution in [2.75, 3.05) is 56.7 Å². The molecule has 0 radical (unpaired) electrons. The molecule has 2 amide bonds. The number of anilines is 1. The minimum absolute atomic E-state index is 0.0255. The normalized spacial score (nSPS) is 18.6. The molecule has 154 valence electrons. The molecule has 2 fully saturated rings. The topological polar surface area (TPSA) is 61.9 Å². The van der Waals surface area contributed by atoms with Crippen LogP contribution in [0.25, 0.3) is 0 Å². The van der Waals surface area contributed by atoms with Gasteiger partial charge in [0.25, 0.3) is 5.91 Å². The van der Waals surface area contributed by atoms with Crippen molar-refractivity contribution in [2.24, 2.45) is 0 Å². The number of hydrogen-bond donors (Lipinski definition) is 1. The second kappa shape index (κ2) is 8.71. The molecule has 2 heterocycles. The van der Waals surface area contributed by atoms with E-state index in [0.717, 1.165) is 25.2 Å². The number of benzene rings is 1. The molecule has 1 aromatic rings. The Bertz CT molecular complexity index is 733. The standard InChI is InChI=1S/C18H22F3N3O3S/c1-28-11-16(25)22-14-7-12(6-13(8-14)18(19,20)21)17(26)24-9-15(10-24)23-2-4-27-5-3-23/h6-8,15H,2-5,9-11H2,1H3,(H,22,25). The van der Waals surface area contributed by atoms with Gasteiger partial charge < -0.3 is 15.0 Å². The number of nitrogens with zero attached hydrogens (tertiary/aromatic N) is 2.